The summed E-state index contributed by atoms with van der Waals surface area (Å²) in [5.41, 5.74) is 6.25. The number of thiophene rings is 1. The van der Waals surface area contributed by atoms with Gasteiger partial charge in [0.2, 0.25) is 0 Å². The second kappa shape index (κ2) is 4.31. The van der Waals surface area contributed by atoms with Gasteiger partial charge in [0, 0.05) is 21.4 Å². The summed E-state index contributed by atoms with van der Waals surface area (Å²) in [6, 6.07) is 6.74. The Morgan fingerprint density at radius 2 is 1.94 bits per heavy atom. The molecule has 0 saturated heterocycles. The van der Waals surface area contributed by atoms with Crippen LogP contribution in [0.15, 0.2) is 30.3 Å². The molecule has 1 unspecified atom stereocenters. The molecule has 0 spiro atoms. The van der Waals surface area contributed by atoms with E-state index >= 15 is 0 Å². The highest BCUT2D eigenvalue weighted by molar-refractivity contribution is 7.12. The minimum absolute atomic E-state index is 0.322. The smallest absolute Gasteiger partial charge is 0.131 e. The van der Waals surface area contributed by atoms with Crippen molar-refractivity contribution >= 4 is 11.3 Å². The monoisotopic (exact) mass is 239 g/mol. The number of benzene rings is 1. The fourth-order valence-corrected chi connectivity index (χ4v) is 2.43. The van der Waals surface area contributed by atoms with Gasteiger partial charge < -0.3 is 5.73 Å². The van der Waals surface area contributed by atoms with Crippen LogP contribution in [-0.2, 0) is 0 Å². The van der Waals surface area contributed by atoms with Crippen molar-refractivity contribution in [3.8, 4) is 0 Å². The number of halogens is 2. The largest absolute Gasteiger partial charge is 0.320 e. The molecule has 1 atom stereocenters. The summed E-state index contributed by atoms with van der Waals surface area (Å²) in [5, 5.41) is 0. The number of nitrogens with two attached hydrogens (primary N) is 1. The lowest BCUT2D eigenvalue weighted by Crippen LogP contribution is -2.12. The van der Waals surface area contributed by atoms with Gasteiger partial charge >= 0.3 is 0 Å². The van der Waals surface area contributed by atoms with Gasteiger partial charge in [-0.2, -0.15) is 0 Å². The van der Waals surface area contributed by atoms with Crippen LogP contribution in [0.1, 0.15) is 21.4 Å². The predicted octanol–water partition coefficient (Wildman–Crippen LogP) is 3.38. The van der Waals surface area contributed by atoms with Crippen molar-refractivity contribution in [2.24, 2.45) is 5.73 Å². The second-order valence-electron chi connectivity index (χ2n) is 3.59. The lowest BCUT2D eigenvalue weighted by atomic mass is 10.1. The highest BCUT2D eigenvalue weighted by Gasteiger charge is 2.15. The molecule has 0 aliphatic heterocycles. The van der Waals surface area contributed by atoms with Crippen molar-refractivity contribution in [3.63, 3.8) is 0 Å². The first-order valence-electron chi connectivity index (χ1n) is 4.85. The van der Waals surface area contributed by atoms with Gasteiger partial charge in [0.15, 0.2) is 0 Å². The van der Waals surface area contributed by atoms with Gasteiger partial charge in [-0.25, -0.2) is 8.78 Å². The zero-order chi connectivity index (χ0) is 11.7. The quantitative estimate of drug-likeness (QED) is 0.854. The van der Waals surface area contributed by atoms with E-state index in [-0.39, 0.29) is 0 Å². The van der Waals surface area contributed by atoms with Crippen molar-refractivity contribution in [1.29, 1.82) is 0 Å². The number of aryl methyl sites for hydroxylation is 1. The SMILES string of the molecule is Cc1ccc(C(N)c2ccc(F)cc2F)s1. The van der Waals surface area contributed by atoms with Crippen molar-refractivity contribution < 1.29 is 8.78 Å². The Bertz CT molecular complexity index is 507. The lowest BCUT2D eigenvalue weighted by molar-refractivity contribution is 0.566. The van der Waals surface area contributed by atoms with E-state index in [4.69, 9.17) is 5.73 Å². The molecule has 2 rings (SSSR count). The molecule has 2 N–H and O–H groups in total. The minimum atomic E-state index is -0.599. The van der Waals surface area contributed by atoms with Crippen LogP contribution < -0.4 is 5.73 Å². The third-order valence-corrected chi connectivity index (χ3v) is 3.45. The molecule has 0 radical (unpaired) electrons. The molecule has 4 heteroatoms. The average molecular weight is 239 g/mol. The maximum Gasteiger partial charge on any atom is 0.131 e. The van der Waals surface area contributed by atoms with Gasteiger partial charge in [0.25, 0.3) is 0 Å². The van der Waals surface area contributed by atoms with Gasteiger partial charge in [0.1, 0.15) is 11.6 Å². The molecule has 2 aromatic rings. The van der Waals surface area contributed by atoms with Crippen LogP contribution in [0.2, 0.25) is 0 Å². The highest BCUT2D eigenvalue weighted by Crippen LogP contribution is 2.27. The molecule has 0 aliphatic rings. The summed E-state index contributed by atoms with van der Waals surface area (Å²) in [4.78, 5) is 2.00. The summed E-state index contributed by atoms with van der Waals surface area (Å²) in [6.07, 6.45) is 0. The maximum atomic E-state index is 13.5. The van der Waals surface area contributed by atoms with E-state index in [1.807, 2.05) is 19.1 Å². The van der Waals surface area contributed by atoms with Gasteiger partial charge in [-0.15, -0.1) is 11.3 Å². The average Bonchev–Trinajstić information content (AvgIpc) is 2.64. The van der Waals surface area contributed by atoms with Crippen LogP contribution in [0.4, 0.5) is 8.78 Å². The zero-order valence-electron chi connectivity index (χ0n) is 8.71. The molecule has 0 saturated carbocycles. The molecule has 1 heterocycles. The van der Waals surface area contributed by atoms with Crippen LogP contribution in [0.5, 0.6) is 0 Å². The second-order valence-corrected chi connectivity index (χ2v) is 4.91. The van der Waals surface area contributed by atoms with Crippen molar-refractivity contribution in [3.05, 3.63) is 57.3 Å². The van der Waals surface area contributed by atoms with Crippen LogP contribution in [0.25, 0.3) is 0 Å². The highest BCUT2D eigenvalue weighted by atomic mass is 32.1. The van der Waals surface area contributed by atoms with Gasteiger partial charge in [-0.1, -0.05) is 6.07 Å². The topological polar surface area (TPSA) is 26.0 Å². The third-order valence-electron chi connectivity index (χ3n) is 2.37. The Morgan fingerprint density at radius 3 is 2.50 bits per heavy atom. The predicted molar refractivity (Wildman–Crippen MR) is 61.4 cm³/mol. The molecule has 1 aromatic heterocycles. The lowest BCUT2D eigenvalue weighted by Gasteiger charge is -2.10. The molecule has 0 aliphatic carbocycles. The summed E-state index contributed by atoms with van der Waals surface area (Å²) in [5.74, 6) is -1.19. The van der Waals surface area contributed by atoms with Crippen LogP contribution in [0.3, 0.4) is 0 Å². The van der Waals surface area contributed by atoms with Crippen molar-refractivity contribution in [2.45, 2.75) is 13.0 Å². The number of hydrogen-bond donors (Lipinski definition) is 1. The first kappa shape index (κ1) is 11.2. The first-order chi connectivity index (χ1) is 7.58. The molecule has 0 bridgehead atoms. The summed E-state index contributed by atoms with van der Waals surface area (Å²) in [6.45, 7) is 1.96. The molecule has 84 valence electrons. The van der Waals surface area contributed by atoms with Gasteiger partial charge in [-0.3, -0.25) is 0 Å². The minimum Gasteiger partial charge on any atom is -0.320 e. The number of hydrogen-bond acceptors (Lipinski definition) is 2. The third kappa shape index (κ3) is 2.13. The Labute approximate surface area is 96.5 Å². The van der Waals surface area contributed by atoms with Crippen LogP contribution in [-0.4, -0.2) is 0 Å². The van der Waals surface area contributed by atoms with E-state index in [0.29, 0.717) is 5.56 Å². The van der Waals surface area contributed by atoms with E-state index in [2.05, 4.69) is 0 Å². The summed E-state index contributed by atoms with van der Waals surface area (Å²) >= 11 is 1.52. The Kier molecular flexibility index (Phi) is 3.03. The van der Waals surface area contributed by atoms with E-state index in [9.17, 15) is 8.78 Å². The summed E-state index contributed by atoms with van der Waals surface area (Å²) < 4.78 is 26.2. The van der Waals surface area contributed by atoms with E-state index < -0.39 is 17.7 Å². The Morgan fingerprint density at radius 1 is 1.19 bits per heavy atom. The normalized spacial score (nSPS) is 12.8. The Balaban J connectivity index is 2.37. The zero-order valence-corrected chi connectivity index (χ0v) is 9.52. The fraction of sp³-hybridized carbons (Fsp3) is 0.167. The first-order valence-corrected chi connectivity index (χ1v) is 5.66. The van der Waals surface area contributed by atoms with E-state index in [0.717, 1.165) is 15.8 Å². The number of rotatable bonds is 2. The van der Waals surface area contributed by atoms with Crippen molar-refractivity contribution in [1.82, 2.24) is 0 Å². The molecular weight excluding hydrogens is 228 g/mol. The van der Waals surface area contributed by atoms with Gasteiger partial charge in [0.05, 0.1) is 6.04 Å². The molecule has 16 heavy (non-hydrogen) atoms. The molecular formula is C12H11F2NS. The van der Waals surface area contributed by atoms with E-state index in [1.165, 1.54) is 23.5 Å². The van der Waals surface area contributed by atoms with Crippen molar-refractivity contribution in [2.75, 3.05) is 0 Å². The molecule has 1 aromatic carbocycles. The van der Waals surface area contributed by atoms with Gasteiger partial charge in [-0.05, 0) is 25.1 Å². The molecule has 0 fully saturated rings. The maximum absolute atomic E-state index is 13.5. The van der Waals surface area contributed by atoms with Crippen LogP contribution in [0, 0.1) is 18.6 Å². The standard InChI is InChI=1S/C12H11F2NS/c1-7-2-5-11(16-7)12(15)9-4-3-8(13)6-10(9)14/h2-6,12H,15H2,1H3. The molecule has 1 nitrogen and oxygen atoms in total. The summed E-state index contributed by atoms with van der Waals surface area (Å²) in [7, 11) is 0. The van der Waals surface area contributed by atoms with E-state index in [1.54, 1.807) is 0 Å². The molecule has 0 amide bonds. The van der Waals surface area contributed by atoms with Crippen LogP contribution >= 0.6 is 11.3 Å². The Hall–Kier alpha value is -1.26. The fourth-order valence-electron chi connectivity index (χ4n) is 1.53.